The molecule has 1 fully saturated rings. The van der Waals surface area contributed by atoms with Gasteiger partial charge in [-0.1, -0.05) is 17.7 Å². The Kier molecular flexibility index (Phi) is 7.02. The minimum atomic E-state index is -3.91. The third-order valence-electron chi connectivity index (χ3n) is 5.38. The number of esters is 1. The Labute approximate surface area is 187 Å². The molecule has 0 radical (unpaired) electrons. The lowest BCUT2D eigenvalue weighted by Gasteiger charge is -2.32. The number of piperidine rings is 1. The van der Waals surface area contributed by atoms with Crippen molar-refractivity contribution in [2.24, 2.45) is 5.92 Å². The number of aromatic nitrogens is 1. The van der Waals surface area contributed by atoms with E-state index >= 15 is 0 Å². The summed E-state index contributed by atoms with van der Waals surface area (Å²) < 4.78 is 33.1. The van der Waals surface area contributed by atoms with Crippen LogP contribution in [0.5, 0.6) is 0 Å². The molecule has 0 amide bonds. The van der Waals surface area contributed by atoms with E-state index in [4.69, 9.17) is 4.74 Å². The summed E-state index contributed by atoms with van der Waals surface area (Å²) in [6, 6.07) is 6.24. The molecule has 172 valence electrons. The molecule has 0 bridgehead atoms. The number of carbonyl (C=O) groups is 2. The largest absolute Gasteiger partial charge is 0.478 e. The monoisotopic (exact) mass is 461 g/mol. The van der Waals surface area contributed by atoms with E-state index in [1.165, 1.54) is 18.3 Å². The molecule has 0 unspecified atom stereocenters. The fourth-order valence-corrected chi connectivity index (χ4v) is 5.08. The van der Waals surface area contributed by atoms with Crippen LogP contribution in [-0.4, -0.2) is 50.1 Å². The molecule has 0 spiro atoms. The second-order valence-electron chi connectivity index (χ2n) is 7.79. The third kappa shape index (κ3) is 5.18. The number of rotatable bonds is 7. The topological polar surface area (TPSA) is 126 Å². The molecule has 0 aliphatic carbocycles. The molecule has 2 heterocycles. The molecule has 0 atom stereocenters. The van der Waals surface area contributed by atoms with Gasteiger partial charge < -0.3 is 14.7 Å². The van der Waals surface area contributed by atoms with Crippen LogP contribution in [0.25, 0.3) is 0 Å². The van der Waals surface area contributed by atoms with Crippen LogP contribution < -0.4 is 9.62 Å². The molecule has 10 heteroatoms. The van der Waals surface area contributed by atoms with E-state index in [2.05, 4.69) is 9.71 Å². The van der Waals surface area contributed by atoms with E-state index in [-0.39, 0.29) is 33.9 Å². The predicted octanol–water partition coefficient (Wildman–Crippen LogP) is 2.98. The summed E-state index contributed by atoms with van der Waals surface area (Å²) in [7, 11) is -3.91. The molecular weight excluding hydrogens is 434 g/mol. The summed E-state index contributed by atoms with van der Waals surface area (Å²) >= 11 is 0. The number of carboxylic acids is 1. The van der Waals surface area contributed by atoms with Crippen LogP contribution in [0.15, 0.2) is 35.4 Å². The lowest BCUT2D eigenvalue weighted by Crippen LogP contribution is -2.38. The number of pyridine rings is 1. The summed E-state index contributed by atoms with van der Waals surface area (Å²) in [5.41, 5.74) is 1.48. The van der Waals surface area contributed by atoms with Crippen molar-refractivity contribution in [3.63, 3.8) is 0 Å². The van der Waals surface area contributed by atoms with Crippen LogP contribution in [0.3, 0.4) is 0 Å². The SMILES string of the molecule is CCOC(=O)C1CCN(c2ncc(NS(=O)(=O)c3ccc(C)cc3C)cc2C(=O)O)CC1. The Morgan fingerprint density at radius 1 is 1.22 bits per heavy atom. The maximum atomic E-state index is 12.8. The summed E-state index contributed by atoms with van der Waals surface area (Å²) in [5, 5.41) is 9.70. The first kappa shape index (κ1) is 23.5. The number of ether oxygens (including phenoxy) is 1. The van der Waals surface area contributed by atoms with Crippen molar-refractivity contribution in [1.29, 1.82) is 0 Å². The molecule has 2 N–H and O–H groups in total. The van der Waals surface area contributed by atoms with E-state index in [0.717, 1.165) is 5.56 Å². The Balaban J connectivity index is 1.81. The van der Waals surface area contributed by atoms with Gasteiger partial charge in [-0.3, -0.25) is 9.52 Å². The molecule has 1 aliphatic rings. The van der Waals surface area contributed by atoms with Gasteiger partial charge in [0.05, 0.1) is 29.3 Å². The molecule has 1 aromatic carbocycles. The van der Waals surface area contributed by atoms with Crippen LogP contribution in [0, 0.1) is 19.8 Å². The first-order valence-corrected chi connectivity index (χ1v) is 11.9. The van der Waals surface area contributed by atoms with Crippen molar-refractivity contribution in [2.75, 3.05) is 29.3 Å². The number of hydrogen-bond acceptors (Lipinski definition) is 7. The van der Waals surface area contributed by atoms with Gasteiger partial charge in [-0.2, -0.15) is 0 Å². The van der Waals surface area contributed by atoms with Crippen molar-refractivity contribution in [2.45, 2.75) is 38.5 Å². The zero-order valence-corrected chi connectivity index (χ0v) is 19.1. The van der Waals surface area contributed by atoms with E-state index < -0.39 is 16.0 Å². The van der Waals surface area contributed by atoms with Crippen molar-refractivity contribution < 1.29 is 27.9 Å². The van der Waals surface area contributed by atoms with Gasteiger partial charge in [-0.05, 0) is 51.3 Å². The predicted molar refractivity (Wildman–Crippen MR) is 119 cm³/mol. The van der Waals surface area contributed by atoms with Crippen LogP contribution in [0.1, 0.15) is 41.3 Å². The maximum Gasteiger partial charge on any atom is 0.339 e. The Morgan fingerprint density at radius 3 is 2.50 bits per heavy atom. The maximum absolute atomic E-state index is 12.8. The number of aryl methyl sites for hydroxylation is 2. The minimum absolute atomic E-state index is 0.0625. The first-order chi connectivity index (χ1) is 15.1. The number of nitrogens with one attached hydrogen (secondary N) is 1. The standard InChI is InChI=1S/C22H27N3O6S/c1-4-31-22(28)16-7-9-25(10-8-16)20-18(21(26)27)12-17(13-23-20)24-32(29,30)19-6-5-14(2)11-15(19)3/h5-6,11-13,16,24H,4,7-10H2,1-3H3,(H,26,27). The average Bonchev–Trinajstić information content (AvgIpc) is 2.73. The minimum Gasteiger partial charge on any atom is -0.478 e. The van der Waals surface area contributed by atoms with Gasteiger partial charge in [0, 0.05) is 13.1 Å². The normalized spacial score (nSPS) is 14.8. The van der Waals surface area contributed by atoms with Crippen molar-refractivity contribution in [3.05, 3.63) is 47.2 Å². The second kappa shape index (κ2) is 9.56. The summed E-state index contributed by atoms with van der Waals surface area (Å²) in [6.07, 6.45) is 2.36. The number of hydrogen-bond donors (Lipinski definition) is 2. The molecule has 1 aromatic heterocycles. The molecule has 9 nitrogen and oxygen atoms in total. The average molecular weight is 462 g/mol. The number of aromatic carboxylic acids is 1. The fourth-order valence-electron chi connectivity index (χ4n) is 3.82. The van der Waals surface area contributed by atoms with E-state index in [1.54, 1.807) is 30.9 Å². The van der Waals surface area contributed by atoms with Crippen LogP contribution in [0.2, 0.25) is 0 Å². The first-order valence-electron chi connectivity index (χ1n) is 10.4. The lowest BCUT2D eigenvalue weighted by molar-refractivity contribution is -0.148. The van der Waals surface area contributed by atoms with Gasteiger partial charge in [0.2, 0.25) is 0 Å². The highest BCUT2D eigenvalue weighted by atomic mass is 32.2. The van der Waals surface area contributed by atoms with Gasteiger partial charge in [0.15, 0.2) is 0 Å². The van der Waals surface area contributed by atoms with E-state index in [9.17, 15) is 23.1 Å². The third-order valence-corrected chi connectivity index (χ3v) is 6.93. The Hall–Kier alpha value is -3.14. The number of carboxylic acid groups (broad SMARTS) is 1. The molecule has 0 saturated carbocycles. The van der Waals surface area contributed by atoms with Gasteiger partial charge in [0.25, 0.3) is 10.0 Å². The zero-order valence-electron chi connectivity index (χ0n) is 18.3. The van der Waals surface area contributed by atoms with Gasteiger partial charge in [-0.25, -0.2) is 18.2 Å². The van der Waals surface area contributed by atoms with Gasteiger partial charge >= 0.3 is 11.9 Å². The quantitative estimate of drug-likeness (QED) is 0.603. The molecular formula is C22H27N3O6S. The molecule has 1 saturated heterocycles. The number of carbonyl (C=O) groups excluding carboxylic acids is 1. The number of sulfonamides is 1. The lowest BCUT2D eigenvalue weighted by atomic mass is 9.96. The fraction of sp³-hybridized carbons (Fsp3) is 0.409. The zero-order chi connectivity index (χ0) is 23.5. The number of anilines is 2. The van der Waals surface area contributed by atoms with Crippen LogP contribution >= 0.6 is 0 Å². The van der Waals surface area contributed by atoms with Crippen molar-refractivity contribution in [1.82, 2.24) is 4.98 Å². The van der Waals surface area contributed by atoms with Crippen LogP contribution in [-0.2, 0) is 19.6 Å². The van der Waals surface area contributed by atoms with E-state index in [0.29, 0.717) is 38.1 Å². The molecule has 32 heavy (non-hydrogen) atoms. The molecule has 2 aromatic rings. The summed E-state index contributed by atoms with van der Waals surface area (Å²) in [5.74, 6) is -1.43. The highest BCUT2D eigenvalue weighted by molar-refractivity contribution is 7.92. The number of benzene rings is 1. The van der Waals surface area contributed by atoms with Crippen molar-refractivity contribution >= 4 is 33.5 Å². The highest BCUT2D eigenvalue weighted by Crippen LogP contribution is 2.28. The highest BCUT2D eigenvalue weighted by Gasteiger charge is 2.29. The Bertz CT molecular complexity index is 1120. The molecule has 1 aliphatic heterocycles. The van der Waals surface area contributed by atoms with E-state index in [1.807, 2.05) is 6.92 Å². The smallest absolute Gasteiger partial charge is 0.339 e. The molecule has 3 rings (SSSR count). The van der Waals surface area contributed by atoms with Gasteiger partial charge in [0.1, 0.15) is 11.4 Å². The summed E-state index contributed by atoms with van der Waals surface area (Å²) in [4.78, 5) is 30.0. The number of nitrogens with zero attached hydrogens (tertiary/aromatic N) is 2. The summed E-state index contributed by atoms with van der Waals surface area (Å²) in [6.45, 7) is 6.55. The second-order valence-corrected chi connectivity index (χ2v) is 9.44. The Morgan fingerprint density at radius 2 is 1.91 bits per heavy atom. The van der Waals surface area contributed by atoms with Crippen LogP contribution in [0.4, 0.5) is 11.5 Å². The van der Waals surface area contributed by atoms with Gasteiger partial charge in [-0.15, -0.1) is 0 Å². The van der Waals surface area contributed by atoms with Crippen molar-refractivity contribution in [3.8, 4) is 0 Å².